The van der Waals surface area contributed by atoms with E-state index in [1.54, 1.807) is 6.20 Å². The van der Waals surface area contributed by atoms with Crippen LogP contribution in [0.25, 0.3) is 0 Å². The van der Waals surface area contributed by atoms with Crippen LogP contribution in [0.4, 0.5) is 17.5 Å². The lowest BCUT2D eigenvalue weighted by atomic mass is 10.2. The first-order valence-corrected chi connectivity index (χ1v) is 8.75. The second-order valence-corrected chi connectivity index (χ2v) is 5.89. The van der Waals surface area contributed by atoms with Crippen LogP contribution >= 0.6 is 0 Å². The summed E-state index contributed by atoms with van der Waals surface area (Å²) < 4.78 is 16.2. The predicted octanol–water partition coefficient (Wildman–Crippen LogP) is 3.96. The van der Waals surface area contributed by atoms with E-state index in [4.69, 9.17) is 14.2 Å². The summed E-state index contributed by atoms with van der Waals surface area (Å²) in [5, 5.41) is 6.49. The molecule has 7 heteroatoms. The third-order valence-electron chi connectivity index (χ3n) is 3.98. The summed E-state index contributed by atoms with van der Waals surface area (Å²) in [7, 11) is 0. The van der Waals surface area contributed by atoms with Crippen molar-refractivity contribution in [3.8, 4) is 17.2 Å². The Balaban J connectivity index is 1.38. The van der Waals surface area contributed by atoms with E-state index in [0.29, 0.717) is 24.9 Å². The van der Waals surface area contributed by atoms with Gasteiger partial charge in [-0.1, -0.05) is 6.07 Å². The van der Waals surface area contributed by atoms with E-state index in [1.807, 2.05) is 55.5 Å². The summed E-state index contributed by atoms with van der Waals surface area (Å²) >= 11 is 0. The molecule has 1 aliphatic heterocycles. The molecule has 2 heterocycles. The molecule has 0 radical (unpaired) electrons. The van der Waals surface area contributed by atoms with Gasteiger partial charge in [-0.15, -0.1) is 0 Å². The number of ether oxygens (including phenoxy) is 3. The van der Waals surface area contributed by atoms with Gasteiger partial charge in [-0.05, 0) is 55.0 Å². The molecular formula is C20H20N4O3. The molecular weight excluding hydrogens is 344 g/mol. The predicted molar refractivity (Wildman–Crippen MR) is 103 cm³/mol. The van der Waals surface area contributed by atoms with Gasteiger partial charge in [-0.2, -0.15) is 4.98 Å². The van der Waals surface area contributed by atoms with Crippen LogP contribution in [0.3, 0.4) is 0 Å². The molecule has 4 rings (SSSR count). The summed E-state index contributed by atoms with van der Waals surface area (Å²) in [6.07, 6.45) is 1.71. The Morgan fingerprint density at radius 1 is 1.04 bits per heavy atom. The highest BCUT2D eigenvalue weighted by atomic mass is 16.7. The minimum atomic E-state index is 0.272. The summed E-state index contributed by atoms with van der Waals surface area (Å²) in [6, 6.07) is 15.4. The van der Waals surface area contributed by atoms with Gasteiger partial charge < -0.3 is 24.8 Å². The van der Waals surface area contributed by atoms with E-state index in [9.17, 15) is 0 Å². The maximum Gasteiger partial charge on any atom is 0.231 e. The molecule has 0 saturated heterocycles. The lowest BCUT2D eigenvalue weighted by molar-refractivity contribution is 0.174. The Hall–Kier alpha value is -3.48. The summed E-state index contributed by atoms with van der Waals surface area (Å²) in [6.45, 7) is 3.47. The van der Waals surface area contributed by atoms with Gasteiger partial charge in [-0.3, -0.25) is 0 Å². The Morgan fingerprint density at radius 2 is 1.89 bits per heavy atom. The Morgan fingerprint density at radius 3 is 2.74 bits per heavy atom. The fourth-order valence-electron chi connectivity index (χ4n) is 2.69. The minimum absolute atomic E-state index is 0.272. The number of fused-ring (bicyclic) bond motifs is 1. The van der Waals surface area contributed by atoms with E-state index in [2.05, 4.69) is 20.6 Å². The number of hydrogen-bond donors (Lipinski definition) is 2. The SMILES string of the molecule is CCOc1ccc(Nc2ccnc(NCc3ccc4c(c3)OCO4)n2)cc1. The highest BCUT2D eigenvalue weighted by Crippen LogP contribution is 2.32. The molecule has 1 aliphatic rings. The van der Waals surface area contributed by atoms with Crippen molar-refractivity contribution in [2.75, 3.05) is 24.0 Å². The fraction of sp³-hybridized carbons (Fsp3) is 0.200. The van der Waals surface area contributed by atoms with Crippen LogP contribution < -0.4 is 24.8 Å². The Kier molecular flexibility index (Phi) is 4.91. The summed E-state index contributed by atoms with van der Waals surface area (Å²) in [5.41, 5.74) is 1.99. The Labute approximate surface area is 157 Å². The van der Waals surface area contributed by atoms with Gasteiger partial charge in [-0.25, -0.2) is 4.98 Å². The van der Waals surface area contributed by atoms with Crippen molar-refractivity contribution in [3.63, 3.8) is 0 Å². The first kappa shape index (κ1) is 17.0. The zero-order chi connectivity index (χ0) is 18.5. The average Bonchev–Trinajstić information content (AvgIpc) is 3.16. The number of hydrogen-bond acceptors (Lipinski definition) is 7. The van der Waals surface area contributed by atoms with Crippen molar-refractivity contribution in [1.29, 1.82) is 0 Å². The highest BCUT2D eigenvalue weighted by Gasteiger charge is 2.13. The van der Waals surface area contributed by atoms with Crippen molar-refractivity contribution in [2.24, 2.45) is 0 Å². The smallest absolute Gasteiger partial charge is 0.231 e. The zero-order valence-electron chi connectivity index (χ0n) is 14.9. The fourth-order valence-corrected chi connectivity index (χ4v) is 2.69. The largest absolute Gasteiger partial charge is 0.494 e. The third-order valence-corrected chi connectivity index (χ3v) is 3.98. The number of rotatable bonds is 7. The van der Waals surface area contributed by atoms with Crippen LogP contribution in [0.1, 0.15) is 12.5 Å². The number of benzene rings is 2. The molecule has 1 aromatic heterocycles. The second kappa shape index (κ2) is 7.82. The number of nitrogens with one attached hydrogen (secondary N) is 2. The average molecular weight is 364 g/mol. The molecule has 0 unspecified atom stereocenters. The number of aromatic nitrogens is 2. The molecule has 0 spiro atoms. The third kappa shape index (κ3) is 4.20. The van der Waals surface area contributed by atoms with Crippen molar-refractivity contribution in [3.05, 3.63) is 60.3 Å². The van der Waals surface area contributed by atoms with Crippen LogP contribution in [0.2, 0.25) is 0 Å². The van der Waals surface area contributed by atoms with Crippen molar-refractivity contribution in [2.45, 2.75) is 13.5 Å². The van der Waals surface area contributed by atoms with Crippen molar-refractivity contribution >= 4 is 17.5 Å². The van der Waals surface area contributed by atoms with Crippen LogP contribution in [-0.2, 0) is 6.54 Å². The topological polar surface area (TPSA) is 77.5 Å². The van der Waals surface area contributed by atoms with Crippen molar-refractivity contribution < 1.29 is 14.2 Å². The highest BCUT2D eigenvalue weighted by molar-refractivity contribution is 5.57. The molecule has 7 nitrogen and oxygen atoms in total. The van der Waals surface area contributed by atoms with E-state index >= 15 is 0 Å². The van der Waals surface area contributed by atoms with Crippen LogP contribution in [0, 0.1) is 0 Å². The van der Waals surface area contributed by atoms with E-state index in [0.717, 1.165) is 28.5 Å². The van der Waals surface area contributed by atoms with Crippen LogP contribution in [0.5, 0.6) is 17.2 Å². The minimum Gasteiger partial charge on any atom is -0.494 e. The van der Waals surface area contributed by atoms with E-state index < -0.39 is 0 Å². The van der Waals surface area contributed by atoms with Crippen LogP contribution in [0.15, 0.2) is 54.7 Å². The molecule has 3 aromatic rings. The van der Waals surface area contributed by atoms with Crippen molar-refractivity contribution in [1.82, 2.24) is 9.97 Å². The standard InChI is InChI=1S/C20H20N4O3/c1-2-25-16-6-4-15(5-7-16)23-19-9-10-21-20(24-19)22-12-14-3-8-17-18(11-14)27-13-26-17/h3-11H,2,12-13H2,1H3,(H2,21,22,23,24). The molecule has 2 N–H and O–H groups in total. The monoisotopic (exact) mass is 364 g/mol. The maximum atomic E-state index is 5.45. The van der Waals surface area contributed by atoms with E-state index in [1.165, 1.54) is 0 Å². The van der Waals surface area contributed by atoms with Gasteiger partial charge in [0.15, 0.2) is 11.5 Å². The van der Waals surface area contributed by atoms with Gasteiger partial charge >= 0.3 is 0 Å². The molecule has 0 saturated carbocycles. The molecule has 27 heavy (non-hydrogen) atoms. The van der Waals surface area contributed by atoms with Gasteiger partial charge in [0.2, 0.25) is 12.7 Å². The molecule has 138 valence electrons. The molecule has 2 aromatic carbocycles. The van der Waals surface area contributed by atoms with Gasteiger partial charge in [0.1, 0.15) is 11.6 Å². The first-order valence-electron chi connectivity index (χ1n) is 8.75. The molecule has 0 aliphatic carbocycles. The van der Waals surface area contributed by atoms with Gasteiger partial charge in [0.25, 0.3) is 0 Å². The van der Waals surface area contributed by atoms with Gasteiger partial charge in [0.05, 0.1) is 6.61 Å². The Bertz CT molecular complexity index is 915. The molecule has 0 atom stereocenters. The molecule has 0 bridgehead atoms. The normalized spacial score (nSPS) is 11.9. The summed E-state index contributed by atoms with van der Waals surface area (Å²) in [5.74, 6) is 3.64. The summed E-state index contributed by atoms with van der Waals surface area (Å²) in [4.78, 5) is 8.76. The maximum absolute atomic E-state index is 5.45. The molecule has 0 amide bonds. The second-order valence-electron chi connectivity index (χ2n) is 5.89. The number of anilines is 3. The zero-order valence-corrected chi connectivity index (χ0v) is 14.9. The lowest BCUT2D eigenvalue weighted by Crippen LogP contribution is -2.05. The van der Waals surface area contributed by atoms with Gasteiger partial charge in [0, 0.05) is 18.4 Å². The first-order chi connectivity index (χ1) is 13.3. The number of nitrogens with zero attached hydrogens (tertiary/aromatic N) is 2. The lowest BCUT2D eigenvalue weighted by Gasteiger charge is -2.09. The van der Waals surface area contributed by atoms with E-state index in [-0.39, 0.29) is 6.79 Å². The van der Waals surface area contributed by atoms with Crippen LogP contribution in [-0.4, -0.2) is 23.4 Å². The quantitative estimate of drug-likeness (QED) is 0.657. The molecule has 0 fully saturated rings.